The minimum atomic E-state index is 0.0349. The van der Waals surface area contributed by atoms with Gasteiger partial charge >= 0.3 is 0 Å². The Kier molecular flexibility index (Phi) is 5.04. The molecule has 0 aliphatic rings. The summed E-state index contributed by atoms with van der Waals surface area (Å²) in [4.78, 5) is 11.9. The molecular formula is C17H21NO3. The summed E-state index contributed by atoms with van der Waals surface area (Å²) in [6.07, 6.45) is 3.63. The Hall–Kier alpha value is -2.23. The van der Waals surface area contributed by atoms with Crippen LogP contribution in [0.5, 0.6) is 11.5 Å². The van der Waals surface area contributed by atoms with Crippen LogP contribution in [0.15, 0.2) is 41.3 Å². The highest BCUT2D eigenvalue weighted by Gasteiger charge is 2.05. The van der Waals surface area contributed by atoms with Crippen molar-refractivity contribution in [1.82, 2.24) is 4.57 Å². The fourth-order valence-corrected chi connectivity index (χ4v) is 2.25. The molecule has 0 N–H and O–H groups in total. The molecule has 0 bridgehead atoms. The van der Waals surface area contributed by atoms with Gasteiger partial charge in [0.05, 0.1) is 14.2 Å². The molecule has 21 heavy (non-hydrogen) atoms. The van der Waals surface area contributed by atoms with Gasteiger partial charge in [0.2, 0.25) is 0 Å². The van der Waals surface area contributed by atoms with Crippen molar-refractivity contribution >= 4 is 0 Å². The van der Waals surface area contributed by atoms with E-state index in [2.05, 4.69) is 6.92 Å². The predicted octanol–water partition coefficient (Wildman–Crippen LogP) is 2.67. The van der Waals surface area contributed by atoms with E-state index in [9.17, 15) is 4.79 Å². The molecule has 2 rings (SSSR count). The third-order valence-electron chi connectivity index (χ3n) is 3.54. The van der Waals surface area contributed by atoms with Crippen molar-refractivity contribution in [1.29, 1.82) is 0 Å². The topological polar surface area (TPSA) is 40.5 Å². The van der Waals surface area contributed by atoms with Crippen LogP contribution in [0.3, 0.4) is 0 Å². The van der Waals surface area contributed by atoms with Gasteiger partial charge in [-0.25, -0.2) is 0 Å². The normalized spacial score (nSPS) is 10.4. The van der Waals surface area contributed by atoms with Crippen molar-refractivity contribution in [2.75, 3.05) is 14.2 Å². The summed E-state index contributed by atoms with van der Waals surface area (Å²) in [5.41, 5.74) is 2.32. The van der Waals surface area contributed by atoms with E-state index in [1.165, 1.54) is 5.56 Å². The van der Waals surface area contributed by atoms with Gasteiger partial charge in [0.15, 0.2) is 11.5 Å². The van der Waals surface area contributed by atoms with Crippen LogP contribution >= 0.6 is 0 Å². The first-order valence-corrected chi connectivity index (χ1v) is 7.08. The summed E-state index contributed by atoms with van der Waals surface area (Å²) in [5.74, 6) is 1.43. The predicted molar refractivity (Wildman–Crippen MR) is 83.3 cm³/mol. The molecular weight excluding hydrogens is 266 g/mol. The number of aryl methyl sites for hydroxylation is 3. The summed E-state index contributed by atoms with van der Waals surface area (Å²) in [6.45, 7) is 2.74. The zero-order chi connectivity index (χ0) is 15.2. The fourth-order valence-electron chi connectivity index (χ4n) is 2.25. The van der Waals surface area contributed by atoms with E-state index in [-0.39, 0.29) is 5.56 Å². The smallest absolute Gasteiger partial charge is 0.250 e. The zero-order valence-corrected chi connectivity index (χ0v) is 12.8. The highest BCUT2D eigenvalue weighted by molar-refractivity contribution is 5.42. The molecule has 0 spiro atoms. The van der Waals surface area contributed by atoms with E-state index in [0.717, 1.165) is 18.4 Å². The first-order valence-electron chi connectivity index (χ1n) is 7.08. The maximum atomic E-state index is 11.9. The molecule has 4 nitrogen and oxygen atoms in total. The Balaban J connectivity index is 2.14. The van der Waals surface area contributed by atoms with Gasteiger partial charge in [0, 0.05) is 18.8 Å². The highest BCUT2D eigenvalue weighted by atomic mass is 16.5. The van der Waals surface area contributed by atoms with Crippen LogP contribution in [0.4, 0.5) is 0 Å². The van der Waals surface area contributed by atoms with Crippen molar-refractivity contribution in [3.8, 4) is 11.5 Å². The van der Waals surface area contributed by atoms with E-state index in [4.69, 9.17) is 9.47 Å². The fraction of sp³-hybridized carbons (Fsp3) is 0.353. The number of pyridine rings is 1. The van der Waals surface area contributed by atoms with E-state index >= 15 is 0 Å². The van der Waals surface area contributed by atoms with E-state index in [1.54, 1.807) is 24.9 Å². The van der Waals surface area contributed by atoms with Gasteiger partial charge in [-0.1, -0.05) is 19.1 Å². The van der Waals surface area contributed by atoms with Gasteiger partial charge in [0.25, 0.3) is 5.56 Å². The minimum absolute atomic E-state index is 0.0349. The molecule has 0 atom stereocenters. The molecule has 0 saturated carbocycles. The Morgan fingerprint density at radius 1 is 1.00 bits per heavy atom. The molecule has 4 heteroatoms. The third kappa shape index (κ3) is 3.66. The van der Waals surface area contributed by atoms with Crippen LogP contribution in [-0.2, 0) is 19.4 Å². The second-order valence-corrected chi connectivity index (χ2v) is 4.86. The lowest BCUT2D eigenvalue weighted by Crippen LogP contribution is -2.20. The van der Waals surface area contributed by atoms with Crippen LogP contribution in [0.2, 0.25) is 0 Å². The molecule has 0 amide bonds. The molecule has 0 saturated heterocycles. The van der Waals surface area contributed by atoms with E-state index in [1.807, 2.05) is 30.5 Å². The van der Waals surface area contributed by atoms with Crippen LogP contribution in [-0.4, -0.2) is 18.8 Å². The van der Waals surface area contributed by atoms with Crippen LogP contribution in [0, 0.1) is 0 Å². The maximum Gasteiger partial charge on any atom is 0.250 e. The molecule has 2 aromatic rings. The van der Waals surface area contributed by atoms with Crippen molar-refractivity contribution in [3.63, 3.8) is 0 Å². The summed E-state index contributed by atoms with van der Waals surface area (Å²) in [6, 6.07) is 9.35. The number of hydrogen-bond donors (Lipinski definition) is 0. The van der Waals surface area contributed by atoms with Gasteiger partial charge in [-0.3, -0.25) is 4.79 Å². The summed E-state index contributed by atoms with van der Waals surface area (Å²) in [7, 11) is 3.24. The van der Waals surface area contributed by atoms with Gasteiger partial charge in [0.1, 0.15) is 0 Å². The van der Waals surface area contributed by atoms with Gasteiger partial charge in [-0.2, -0.15) is 0 Å². The number of nitrogens with zero attached hydrogens (tertiary/aromatic N) is 1. The van der Waals surface area contributed by atoms with Gasteiger partial charge in [-0.15, -0.1) is 0 Å². The summed E-state index contributed by atoms with van der Waals surface area (Å²) >= 11 is 0. The molecule has 1 heterocycles. The van der Waals surface area contributed by atoms with E-state index in [0.29, 0.717) is 18.0 Å². The quantitative estimate of drug-likeness (QED) is 0.820. The number of ether oxygens (including phenoxy) is 2. The number of methoxy groups -OCH3 is 2. The van der Waals surface area contributed by atoms with Crippen molar-refractivity contribution < 1.29 is 9.47 Å². The van der Waals surface area contributed by atoms with Crippen molar-refractivity contribution in [2.45, 2.75) is 26.3 Å². The summed E-state index contributed by atoms with van der Waals surface area (Å²) in [5, 5.41) is 0. The molecule has 0 unspecified atom stereocenters. The SMILES string of the molecule is CCc1ccc(=O)n(CCc2ccc(OC)c(OC)c2)c1. The Morgan fingerprint density at radius 3 is 2.38 bits per heavy atom. The van der Waals surface area contributed by atoms with Gasteiger partial charge < -0.3 is 14.0 Å². The maximum absolute atomic E-state index is 11.9. The largest absolute Gasteiger partial charge is 0.493 e. The average Bonchev–Trinajstić information content (AvgIpc) is 2.53. The second-order valence-electron chi connectivity index (χ2n) is 4.86. The lowest BCUT2D eigenvalue weighted by Gasteiger charge is -2.11. The highest BCUT2D eigenvalue weighted by Crippen LogP contribution is 2.27. The third-order valence-corrected chi connectivity index (χ3v) is 3.54. The van der Waals surface area contributed by atoms with Crippen LogP contribution < -0.4 is 15.0 Å². The van der Waals surface area contributed by atoms with Crippen LogP contribution in [0.1, 0.15) is 18.1 Å². The first kappa shape index (κ1) is 15.2. The second kappa shape index (κ2) is 6.97. The monoisotopic (exact) mass is 287 g/mol. The van der Waals surface area contributed by atoms with Crippen molar-refractivity contribution in [2.24, 2.45) is 0 Å². The molecule has 0 aliphatic heterocycles. The molecule has 0 radical (unpaired) electrons. The first-order chi connectivity index (χ1) is 10.2. The zero-order valence-electron chi connectivity index (χ0n) is 12.8. The Morgan fingerprint density at radius 2 is 1.71 bits per heavy atom. The van der Waals surface area contributed by atoms with E-state index < -0.39 is 0 Å². The standard InChI is InChI=1S/C17H21NO3/c1-4-13-6-8-17(19)18(12-13)10-9-14-5-7-15(20-2)16(11-14)21-3/h5-8,11-12H,4,9-10H2,1-3H3. The van der Waals surface area contributed by atoms with Crippen LogP contribution in [0.25, 0.3) is 0 Å². The molecule has 112 valence electrons. The Bertz CT molecular complexity index is 661. The number of hydrogen-bond acceptors (Lipinski definition) is 3. The lowest BCUT2D eigenvalue weighted by atomic mass is 10.1. The number of rotatable bonds is 6. The molecule has 1 aromatic heterocycles. The molecule has 0 aliphatic carbocycles. The minimum Gasteiger partial charge on any atom is -0.493 e. The average molecular weight is 287 g/mol. The molecule has 0 fully saturated rings. The van der Waals surface area contributed by atoms with Crippen molar-refractivity contribution in [3.05, 3.63) is 58.0 Å². The van der Waals surface area contributed by atoms with Gasteiger partial charge in [-0.05, 0) is 36.1 Å². The number of benzene rings is 1. The lowest BCUT2D eigenvalue weighted by molar-refractivity contribution is 0.354. The molecule has 1 aromatic carbocycles. The summed E-state index contributed by atoms with van der Waals surface area (Å²) < 4.78 is 12.3. The number of aromatic nitrogens is 1. The Labute approximate surface area is 124 Å².